The van der Waals surface area contributed by atoms with Gasteiger partial charge in [0, 0.05) is 6.92 Å². The molecule has 0 N–H and O–H groups in total. The molecule has 0 bridgehead atoms. The maximum Gasteiger partial charge on any atom is 0.339 e. The number of rotatable bonds is 10. The topological polar surface area (TPSA) is 35.5 Å². The monoisotopic (exact) mass is 382 g/mol. The third-order valence-corrected chi connectivity index (χ3v) is 13.6. The van der Waals surface area contributed by atoms with Crippen molar-refractivity contribution in [2.24, 2.45) is 0 Å². The quantitative estimate of drug-likeness (QED) is 0.312. The standard InChI is InChI=1S/3C4H9.C3H6O3.Sn.H/c3*1-3-4-2;1-3(4)6-5-2;;/h3*1,3-4H2,2H3;1-2H3;;. The van der Waals surface area contributed by atoms with E-state index in [4.69, 9.17) is 0 Å². The zero-order valence-corrected chi connectivity index (χ0v) is 17.0. The van der Waals surface area contributed by atoms with Gasteiger partial charge in [0.2, 0.25) is 0 Å². The van der Waals surface area contributed by atoms with Gasteiger partial charge in [-0.25, -0.2) is 4.79 Å². The van der Waals surface area contributed by atoms with Gasteiger partial charge in [-0.3, -0.25) is 4.89 Å². The second-order valence-electron chi connectivity index (χ2n) is 5.03. The van der Waals surface area contributed by atoms with E-state index < -0.39 is 25.7 Å². The smallest absolute Gasteiger partial charge is 0.299 e. The summed E-state index contributed by atoms with van der Waals surface area (Å²) in [4.78, 5) is 17.6. The van der Waals surface area contributed by atoms with Crippen molar-refractivity contribution in [1.29, 1.82) is 0 Å². The first kappa shape index (κ1) is 21.5. The molecule has 0 saturated carbocycles. The minimum atomic E-state index is -0.967. The Balaban J connectivity index is 0. The van der Waals surface area contributed by atoms with E-state index in [0.717, 1.165) is 0 Å². The summed E-state index contributed by atoms with van der Waals surface area (Å²) in [5.41, 5.74) is 0. The van der Waals surface area contributed by atoms with Gasteiger partial charge in [0.05, 0.1) is 7.11 Å². The second kappa shape index (κ2) is 18.2. The van der Waals surface area contributed by atoms with Crippen molar-refractivity contribution in [2.45, 2.75) is 79.5 Å². The molecular formula is C15H34O3Sn. The molecule has 0 atom stereocenters. The molecule has 19 heavy (non-hydrogen) atoms. The fraction of sp³-hybridized carbons (Fsp3) is 0.933. The normalized spacial score (nSPS) is 10.0. The van der Waals surface area contributed by atoms with Crippen LogP contribution in [0.15, 0.2) is 0 Å². The molecule has 0 saturated heterocycles. The molecule has 0 fully saturated rings. The van der Waals surface area contributed by atoms with Gasteiger partial charge < -0.3 is 0 Å². The van der Waals surface area contributed by atoms with Gasteiger partial charge in [0.1, 0.15) is 0 Å². The van der Waals surface area contributed by atoms with Gasteiger partial charge in [-0.15, -0.1) is 0 Å². The van der Waals surface area contributed by atoms with Crippen LogP contribution in [0, 0.1) is 0 Å². The van der Waals surface area contributed by atoms with Crippen LogP contribution in [0.4, 0.5) is 0 Å². The van der Waals surface area contributed by atoms with E-state index in [1.54, 1.807) is 13.3 Å². The Kier molecular flexibility index (Phi) is 20.7. The zero-order valence-electron chi connectivity index (χ0n) is 13.7. The molecule has 0 spiro atoms. The SMILES string of the molecule is CCC[CH2][SnH]([CH2]CCC)[CH2]CCC.COOC(C)=O. The van der Waals surface area contributed by atoms with Gasteiger partial charge in [0.15, 0.2) is 0 Å². The van der Waals surface area contributed by atoms with Crippen LogP contribution in [-0.4, -0.2) is 32.8 Å². The largest absolute Gasteiger partial charge is 0.339 e. The molecule has 0 aliphatic rings. The van der Waals surface area contributed by atoms with Crippen molar-refractivity contribution in [3.8, 4) is 0 Å². The summed E-state index contributed by atoms with van der Waals surface area (Å²) < 4.78 is 5.08. The van der Waals surface area contributed by atoms with Gasteiger partial charge in [-0.2, -0.15) is 4.89 Å². The molecule has 3 nitrogen and oxygen atoms in total. The number of hydrogen-bond donors (Lipinski definition) is 0. The molecule has 0 aliphatic carbocycles. The van der Waals surface area contributed by atoms with Crippen LogP contribution in [0.5, 0.6) is 0 Å². The van der Waals surface area contributed by atoms with Crippen LogP contribution < -0.4 is 0 Å². The van der Waals surface area contributed by atoms with Crippen LogP contribution >= 0.6 is 0 Å². The van der Waals surface area contributed by atoms with Gasteiger partial charge in [-0.05, 0) is 0 Å². The van der Waals surface area contributed by atoms with Crippen LogP contribution in [0.2, 0.25) is 13.3 Å². The summed E-state index contributed by atoms with van der Waals surface area (Å²) in [5, 5.41) is 0. The number of carbonyl (C=O) groups excluding carboxylic acids is 1. The molecular weight excluding hydrogens is 347 g/mol. The molecule has 0 aromatic heterocycles. The Morgan fingerprint density at radius 3 is 1.42 bits per heavy atom. The Morgan fingerprint density at radius 2 is 1.26 bits per heavy atom. The van der Waals surface area contributed by atoms with Crippen molar-refractivity contribution < 1.29 is 14.6 Å². The first-order valence-corrected chi connectivity index (χ1v) is 14.8. The summed E-state index contributed by atoms with van der Waals surface area (Å²) >= 11 is -0.967. The third kappa shape index (κ3) is 20.7. The van der Waals surface area contributed by atoms with Crippen LogP contribution in [0.3, 0.4) is 0 Å². The maximum atomic E-state index is 9.70. The van der Waals surface area contributed by atoms with Crippen molar-refractivity contribution in [2.75, 3.05) is 7.11 Å². The maximum absolute atomic E-state index is 9.70. The zero-order chi connectivity index (χ0) is 14.9. The predicted molar refractivity (Wildman–Crippen MR) is 85.1 cm³/mol. The molecule has 0 radical (unpaired) electrons. The summed E-state index contributed by atoms with van der Waals surface area (Å²) in [6.07, 6.45) is 8.87. The Labute approximate surface area is 127 Å². The van der Waals surface area contributed by atoms with Gasteiger partial charge >= 0.3 is 98.3 Å². The molecule has 0 aromatic carbocycles. The van der Waals surface area contributed by atoms with Crippen molar-refractivity contribution in [1.82, 2.24) is 0 Å². The fourth-order valence-electron chi connectivity index (χ4n) is 2.03. The van der Waals surface area contributed by atoms with E-state index in [-0.39, 0.29) is 0 Å². The van der Waals surface area contributed by atoms with Crippen molar-refractivity contribution in [3.05, 3.63) is 0 Å². The van der Waals surface area contributed by atoms with Crippen molar-refractivity contribution in [3.63, 3.8) is 0 Å². The van der Waals surface area contributed by atoms with E-state index >= 15 is 0 Å². The average Bonchev–Trinajstić information content (AvgIpc) is 2.38. The number of carbonyl (C=O) groups is 1. The second-order valence-corrected chi connectivity index (χ2v) is 14.9. The first-order valence-electron chi connectivity index (χ1n) is 7.83. The van der Waals surface area contributed by atoms with Crippen LogP contribution in [0.1, 0.15) is 66.2 Å². The molecule has 0 heterocycles. The molecule has 116 valence electrons. The number of unbranched alkanes of at least 4 members (excludes halogenated alkanes) is 3. The summed E-state index contributed by atoms with van der Waals surface area (Å²) in [6, 6.07) is 0. The first-order chi connectivity index (χ1) is 9.12. The average molecular weight is 381 g/mol. The Morgan fingerprint density at radius 1 is 0.895 bits per heavy atom. The van der Waals surface area contributed by atoms with Crippen molar-refractivity contribution >= 4 is 25.7 Å². The predicted octanol–water partition coefficient (Wildman–Crippen LogP) is 4.72. The third-order valence-electron chi connectivity index (χ3n) is 3.10. The van der Waals surface area contributed by atoms with E-state index in [9.17, 15) is 4.79 Å². The minimum Gasteiger partial charge on any atom is -0.299 e. The van der Waals surface area contributed by atoms with Gasteiger partial charge in [0.25, 0.3) is 0 Å². The van der Waals surface area contributed by atoms with Crippen LogP contribution in [0.25, 0.3) is 0 Å². The molecule has 0 aromatic rings. The van der Waals surface area contributed by atoms with Gasteiger partial charge in [-0.1, -0.05) is 0 Å². The van der Waals surface area contributed by atoms with E-state index in [1.165, 1.54) is 52.6 Å². The van der Waals surface area contributed by atoms with E-state index in [1.807, 2.05) is 0 Å². The summed E-state index contributed by atoms with van der Waals surface area (Å²) in [6.45, 7) is 8.28. The minimum absolute atomic E-state index is 0.433. The van der Waals surface area contributed by atoms with E-state index in [0.29, 0.717) is 0 Å². The molecule has 0 amide bonds. The van der Waals surface area contributed by atoms with Crippen LogP contribution in [-0.2, 0) is 14.6 Å². The Bertz CT molecular complexity index is 167. The molecule has 0 rings (SSSR count). The molecule has 0 unspecified atom stereocenters. The molecule has 4 heteroatoms. The van der Waals surface area contributed by atoms with E-state index in [2.05, 4.69) is 30.5 Å². The summed E-state index contributed by atoms with van der Waals surface area (Å²) in [5.74, 6) is -0.433. The fourth-order valence-corrected chi connectivity index (χ4v) is 12.9. The molecule has 0 aliphatic heterocycles. The summed E-state index contributed by atoms with van der Waals surface area (Å²) in [7, 11) is 1.28. The Hall–Kier alpha value is 0.229. The number of hydrogen-bond acceptors (Lipinski definition) is 3.